The lowest BCUT2D eigenvalue weighted by atomic mass is 10.2. The van der Waals surface area contributed by atoms with Gasteiger partial charge in [0.1, 0.15) is 0 Å². The van der Waals surface area contributed by atoms with Gasteiger partial charge < -0.3 is 4.74 Å². The molecule has 0 unspecified atom stereocenters. The van der Waals surface area contributed by atoms with E-state index in [1.807, 2.05) is 0 Å². The van der Waals surface area contributed by atoms with Gasteiger partial charge in [-0.1, -0.05) is 0 Å². The molecule has 0 atom stereocenters. The van der Waals surface area contributed by atoms with Crippen LogP contribution in [0.4, 0.5) is 0 Å². The number of methoxy groups -OCH3 is 1. The Morgan fingerprint density at radius 2 is 2.31 bits per heavy atom. The van der Waals surface area contributed by atoms with E-state index in [0.717, 1.165) is 19.6 Å². The van der Waals surface area contributed by atoms with Gasteiger partial charge in [0.2, 0.25) is 0 Å². The van der Waals surface area contributed by atoms with E-state index in [9.17, 15) is 0 Å². The van der Waals surface area contributed by atoms with Crippen molar-refractivity contribution >= 4 is 0 Å². The van der Waals surface area contributed by atoms with Gasteiger partial charge in [0.15, 0.2) is 0 Å². The van der Waals surface area contributed by atoms with Crippen molar-refractivity contribution in [3.63, 3.8) is 0 Å². The van der Waals surface area contributed by atoms with Gasteiger partial charge in [-0.15, -0.1) is 0 Å². The molecular formula is C10H16N2O. The van der Waals surface area contributed by atoms with Crippen molar-refractivity contribution in [2.75, 3.05) is 13.7 Å². The van der Waals surface area contributed by atoms with Gasteiger partial charge in [-0.2, -0.15) is 5.10 Å². The third kappa shape index (κ3) is 1.48. The first kappa shape index (κ1) is 8.75. The molecule has 0 radical (unpaired) electrons. The van der Waals surface area contributed by atoms with Gasteiger partial charge in [-0.3, -0.25) is 4.68 Å². The van der Waals surface area contributed by atoms with Gasteiger partial charge in [0, 0.05) is 12.8 Å². The first-order valence-corrected chi connectivity index (χ1v) is 4.87. The van der Waals surface area contributed by atoms with E-state index in [-0.39, 0.29) is 0 Å². The number of aromatic nitrogens is 2. The molecule has 13 heavy (non-hydrogen) atoms. The topological polar surface area (TPSA) is 27.1 Å². The highest BCUT2D eigenvalue weighted by Crippen LogP contribution is 2.23. The van der Waals surface area contributed by atoms with Gasteiger partial charge in [0.25, 0.3) is 0 Å². The third-order valence-corrected chi connectivity index (χ3v) is 2.76. The number of fused-ring (bicyclic) bond motifs is 1. The maximum atomic E-state index is 5.04. The molecule has 0 amide bonds. The van der Waals surface area contributed by atoms with Crippen LogP contribution in [0.3, 0.4) is 0 Å². The molecule has 0 bridgehead atoms. The average molecular weight is 180 g/mol. The van der Waals surface area contributed by atoms with Crippen molar-refractivity contribution < 1.29 is 4.74 Å². The minimum atomic E-state index is 0.751. The Morgan fingerprint density at radius 1 is 1.46 bits per heavy atom. The predicted molar refractivity (Wildman–Crippen MR) is 50.9 cm³/mol. The summed E-state index contributed by atoms with van der Waals surface area (Å²) in [5.41, 5.74) is 4.13. The summed E-state index contributed by atoms with van der Waals surface area (Å²) in [6.45, 7) is 3.80. The van der Waals surface area contributed by atoms with Crippen LogP contribution in [0.1, 0.15) is 23.4 Å². The van der Waals surface area contributed by atoms with E-state index >= 15 is 0 Å². The summed E-state index contributed by atoms with van der Waals surface area (Å²) in [7, 11) is 1.73. The minimum absolute atomic E-state index is 0.751. The second-order valence-corrected chi connectivity index (χ2v) is 3.58. The average Bonchev–Trinajstić information content (AvgIpc) is 2.67. The zero-order valence-electron chi connectivity index (χ0n) is 8.34. The number of ether oxygens (including phenoxy) is 1. The predicted octanol–water partition coefficient (Wildman–Crippen LogP) is 1.33. The van der Waals surface area contributed by atoms with Crippen molar-refractivity contribution in [1.82, 2.24) is 9.78 Å². The molecule has 3 nitrogen and oxygen atoms in total. The lowest BCUT2D eigenvalue weighted by Crippen LogP contribution is -2.08. The van der Waals surface area contributed by atoms with Gasteiger partial charge in [0.05, 0.1) is 18.8 Å². The molecule has 0 saturated heterocycles. The van der Waals surface area contributed by atoms with Crippen LogP contribution >= 0.6 is 0 Å². The molecule has 3 heteroatoms. The highest BCUT2D eigenvalue weighted by molar-refractivity contribution is 5.29. The van der Waals surface area contributed by atoms with Crippen LogP contribution in [0.5, 0.6) is 0 Å². The standard InChI is InChI=1S/C10H16N2O/c1-8-9-4-3-5-10(9)11-12(8)6-7-13-2/h3-7H2,1-2H3. The lowest BCUT2D eigenvalue weighted by molar-refractivity contribution is 0.182. The largest absolute Gasteiger partial charge is 0.383 e. The maximum Gasteiger partial charge on any atom is 0.0659 e. The highest BCUT2D eigenvalue weighted by Gasteiger charge is 2.18. The number of hydrogen-bond donors (Lipinski definition) is 0. The van der Waals surface area contributed by atoms with E-state index in [1.54, 1.807) is 7.11 Å². The molecule has 1 aliphatic rings. The smallest absolute Gasteiger partial charge is 0.0659 e. The van der Waals surface area contributed by atoms with E-state index in [2.05, 4.69) is 16.7 Å². The highest BCUT2D eigenvalue weighted by atomic mass is 16.5. The normalized spacial score (nSPS) is 14.9. The summed E-state index contributed by atoms with van der Waals surface area (Å²) in [5.74, 6) is 0. The van der Waals surface area contributed by atoms with Crippen molar-refractivity contribution in [1.29, 1.82) is 0 Å². The zero-order valence-corrected chi connectivity index (χ0v) is 8.34. The zero-order chi connectivity index (χ0) is 9.26. The number of hydrogen-bond acceptors (Lipinski definition) is 2. The van der Waals surface area contributed by atoms with E-state index in [4.69, 9.17) is 4.74 Å². The molecule has 0 fully saturated rings. The first-order chi connectivity index (χ1) is 6.33. The molecule has 1 aliphatic carbocycles. The lowest BCUT2D eigenvalue weighted by Gasteiger charge is -2.03. The Labute approximate surface area is 78.7 Å². The Bertz CT molecular complexity index is 304. The molecule has 2 rings (SSSR count). The molecule has 0 spiro atoms. The third-order valence-electron chi connectivity index (χ3n) is 2.76. The molecule has 0 N–H and O–H groups in total. The van der Waals surface area contributed by atoms with Gasteiger partial charge in [-0.05, 0) is 31.7 Å². The number of rotatable bonds is 3. The van der Waals surface area contributed by atoms with Crippen LogP contribution in [0.15, 0.2) is 0 Å². The fraction of sp³-hybridized carbons (Fsp3) is 0.700. The van der Waals surface area contributed by atoms with Crippen LogP contribution in [-0.4, -0.2) is 23.5 Å². The quantitative estimate of drug-likeness (QED) is 0.701. The van der Waals surface area contributed by atoms with E-state index in [1.165, 1.54) is 29.8 Å². The van der Waals surface area contributed by atoms with Crippen LogP contribution < -0.4 is 0 Å². The summed E-state index contributed by atoms with van der Waals surface area (Å²) in [6, 6.07) is 0. The van der Waals surface area contributed by atoms with Crippen LogP contribution in [0.25, 0.3) is 0 Å². The van der Waals surface area contributed by atoms with Crippen LogP contribution in [0.2, 0.25) is 0 Å². The molecule has 0 saturated carbocycles. The summed E-state index contributed by atoms with van der Waals surface area (Å²) in [4.78, 5) is 0. The molecule has 1 aromatic rings. The van der Waals surface area contributed by atoms with Crippen molar-refractivity contribution in [2.45, 2.75) is 32.7 Å². The Kier molecular flexibility index (Phi) is 2.36. The first-order valence-electron chi connectivity index (χ1n) is 4.87. The Balaban J connectivity index is 2.18. The molecule has 0 aliphatic heterocycles. The summed E-state index contributed by atoms with van der Waals surface area (Å²) in [5, 5.41) is 4.56. The molecular weight excluding hydrogens is 164 g/mol. The summed E-state index contributed by atoms with van der Waals surface area (Å²) < 4.78 is 7.12. The van der Waals surface area contributed by atoms with Gasteiger partial charge in [-0.25, -0.2) is 0 Å². The maximum absolute atomic E-state index is 5.04. The van der Waals surface area contributed by atoms with Crippen molar-refractivity contribution in [3.8, 4) is 0 Å². The summed E-state index contributed by atoms with van der Waals surface area (Å²) >= 11 is 0. The number of nitrogens with zero attached hydrogens (tertiary/aromatic N) is 2. The van der Waals surface area contributed by atoms with Crippen molar-refractivity contribution in [2.24, 2.45) is 0 Å². The summed E-state index contributed by atoms with van der Waals surface area (Å²) in [6.07, 6.45) is 3.66. The Morgan fingerprint density at radius 3 is 3.00 bits per heavy atom. The second-order valence-electron chi connectivity index (χ2n) is 3.58. The van der Waals surface area contributed by atoms with Crippen LogP contribution in [-0.2, 0) is 24.1 Å². The fourth-order valence-electron chi connectivity index (χ4n) is 2.00. The number of aryl methyl sites for hydroxylation is 1. The molecule has 0 aromatic carbocycles. The fourth-order valence-corrected chi connectivity index (χ4v) is 2.00. The van der Waals surface area contributed by atoms with Gasteiger partial charge >= 0.3 is 0 Å². The molecule has 72 valence electrons. The SMILES string of the molecule is COCCn1nc2c(c1C)CCC2. The monoisotopic (exact) mass is 180 g/mol. The van der Waals surface area contributed by atoms with Crippen molar-refractivity contribution in [3.05, 3.63) is 17.0 Å². The Hall–Kier alpha value is -0.830. The van der Waals surface area contributed by atoms with Crippen LogP contribution in [0, 0.1) is 6.92 Å². The molecule has 1 heterocycles. The molecule has 1 aromatic heterocycles. The van der Waals surface area contributed by atoms with E-state index in [0.29, 0.717) is 0 Å². The van der Waals surface area contributed by atoms with E-state index < -0.39 is 0 Å². The minimum Gasteiger partial charge on any atom is -0.383 e. The second kappa shape index (κ2) is 3.50.